The summed E-state index contributed by atoms with van der Waals surface area (Å²) in [6.07, 6.45) is 0.322. The highest BCUT2D eigenvalue weighted by Crippen LogP contribution is 2.49. The molecule has 7 rings (SSSR count). The van der Waals surface area contributed by atoms with E-state index in [0.717, 1.165) is 55.1 Å². The molecule has 5 N–H and O–H groups in total. The molecule has 0 saturated carbocycles. The van der Waals surface area contributed by atoms with Gasteiger partial charge in [0.1, 0.15) is 22.7 Å². The molecule has 3 aromatic heterocycles. The van der Waals surface area contributed by atoms with Crippen LogP contribution in [-0.2, 0) is 4.74 Å². The van der Waals surface area contributed by atoms with Crippen molar-refractivity contribution in [2.24, 2.45) is 0 Å². The molecule has 3 amide bonds. The summed E-state index contributed by atoms with van der Waals surface area (Å²) in [6.45, 7) is 10.1. The normalized spacial score (nSPS) is 14.6. The Morgan fingerprint density at radius 2 is 1.60 bits per heavy atom. The second-order valence-corrected chi connectivity index (χ2v) is 13.9. The van der Waals surface area contributed by atoms with Crippen LogP contribution in [0.5, 0.6) is 5.75 Å². The molecule has 1 aliphatic rings. The number of ether oxygens (including phenoxy) is 1. The predicted molar refractivity (Wildman–Crippen MR) is 187 cm³/mol. The third kappa shape index (κ3) is 5.56. The minimum atomic E-state index is -0.617. The number of carbonyl (C=O) groups excluding carboxylic acids is 3. The zero-order valence-corrected chi connectivity index (χ0v) is 27.5. The van der Waals surface area contributed by atoms with E-state index in [2.05, 4.69) is 32.9 Å². The molecule has 0 fully saturated rings. The Hall–Kier alpha value is -5.29. The minimum absolute atomic E-state index is 0.172. The lowest BCUT2D eigenvalue weighted by atomic mass is 9.94. The molecule has 0 aliphatic carbocycles. The lowest BCUT2D eigenvalue weighted by Crippen LogP contribution is -2.30. The van der Waals surface area contributed by atoms with E-state index in [9.17, 15) is 19.5 Å². The Kier molecular flexibility index (Phi) is 7.24. The number of thiophene rings is 1. The van der Waals surface area contributed by atoms with Crippen LogP contribution in [0.1, 0.15) is 72.1 Å². The van der Waals surface area contributed by atoms with Crippen molar-refractivity contribution in [2.75, 3.05) is 22.1 Å². The average molecular weight is 650 g/mol. The number of aromatic nitrogens is 2. The van der Waals surface area contributed by atoms with Crippen LogP contribution in [0.3, 0.4) is 0 Å². The second-order valence-electron chi connectivity index (χ2n) is 13.0. The van der Waals surface area contributed by atoms with Gasteiger partial charge in [0, 0.05) is 57.1 Å². The third-order valence-corrected chi connectivity index (χ3v) is 9.61. The standard InChI is InChI=1S/C36H35N5O5S/c1-6-19-16-41(28-15-29(42)32-30(31(19)28)18(2)17-47-32)34(44)27-14-21-11-22(7-9-25(21)40-27)37-33(43)26-13-20-12-23(8-10-24(20)39-26)38-35(45)46-36(3,4)5/h7-15,17,19,39-40,42H,6,16H2,1-5H3,(H,37,43)(H,38,45)/t19-/m1/s1. The fourth-order valence-corrected chi connectivity index (χ4v) is 7.34. The van der Waals surface area contributed by atoms with Gasteiger partial charge in [-0.3, -0.25) is 14.9 Å². The van der Waals surface area contributed by atoms with Gasteiger partial charge in [-0.25, -0.2) is 4.79 Å². The summed E-state index contributed by atoms with van der Waals surface area (Å²) in [4.78, 5) is 47.4. The molecule has 0 saturated heterocycles. The van der Waals surface area contributed by atoms with Crippen LogP contribution in [-0.4, -0.2) is 45.1 Å². The Morgan fingerprint density at radius 3 is 2.26 bits per heavy atom. The van der Waals surface area contributed by atoms with Crippen LogP contribution in [0.25, 0.3) is 31.9 Å². The number of amides is 3. The van der Waals surface area contributed by atoms with Crippen molar-refractivity contribution >= 4 is 78.2 Å². The summed E-state index contributed by atoms with van der Waals surface area (Å²) in [5.41, 5.74) is 5.79. The maximum Gasteiger partial charge on any atom is 0.412 e. The fraction of sp³-hybridized carbons (Fsp3) is 0.250. The van der Waals surface area contributed by atoms with Crippen LogP contribution < -0.4 is 15.5 Å². The average Bonchev–Trinajstić information content (AvgIpc) is 3.79. The van der Waals surface area contributed by atoms with Gasteiger partial charge >= 0.3 is 6.09 Å². The van der Waals surface area contributed by atoms with E-state index < -0.39 is 11.7 Å². The number of aromatic hydroxyl groups is 1. The molecule has 0 unspecified atom stereocenters. The summed E-state index contributed by atoms with van der Waals surface area (Å²) in [5, 5.41) is 21.1. The SMILES string of the molecule is CC[C@@H]1CN(C(=O)c2cc3cc(NC(=O)c4cc5cc(NC(=O)OC(C)(C)C)ccc5[nH]4)ccc3[nH]2)c2cc(O)c3scc(C)c3c21. The molecule has 240 valence electrons. The summed E-state index contributed by atoms with van der Waals surface area (Å²) < 4.78 is 6.19. The van der Waals surface area contributed by atoms with E-state index in [1.54, 1.807) is 68.1 Å². The molecule has 3 aromatic carbocycles. The first kappa shape index (κ1) is 30.4. The molecular formula is C36H35N5O5S. The first-order chi connectivity index (χ1) is 22.4. The van der Waals surface area contributed by atoms with Crippen LogP contribution >= 0.6 is 11.3 Å². The number of hydrogen-bond donors (Lipinski definition) is 5. The van der Waals surface area contributed by atoms with Gasteiger partial charge in [0.2, 0.25) is 0 Å². The van der Waals surface area contributed by atoms with Crippen molar-refractivity contribution in [1.29, 1.82) is 0 Å². The highest BCUT2D eigenvalue weighted by atomic mass is 32.1. The number of nitrogens with one attached hydrogen (secondary N) is 4. The number of aryl methyl sites for hydroxylation is 1. The van der Waals surface area contributed by atoms with Crippen molar-refractivity contribution in [2.45, 2.75) is 52.6 Å². The van der Waals surface area contributed by atoms with Crippen molar-refractivity contribution in [3.05, 3.63) is 82.5 Å². The number of anilines is 3. The molecular weight excluding hydrogens is 614 g/mol. The molecule has 4 heterocycles. The quantitative estimate of drug-likeness (QED) is 0.127. The van der Waals surface area contributed by atoms with Crippen LogP contribution in [0.15, 0.2) is 60.0 Å². The number of phenols is 1. The first-order valence-electron chi connectivity index (χ1n) is 15.5. The number of carbonyl (C=O) groups is 3. The summed E-state index contributed by atoms with van der Waals surface area (Å²) in [7, 11) is 0. The predicted octanol–water partition coefficient (Wildman–Crippen LogP) is 8.63. The molecule has 1 aliphatic heterocycles. The molecule has 0 radical (unpaired) electrons. The van der Waals surface area contributed by atoms with Crippen molar-refractivity contribution in [3.8, 4) is 5.75 Å². The Labute approximate surface area is 274 Å². The second kappa shape index (κ2) is 11.2. The van der Waals surface area contributed by atoms with Gasteiger partial charge in [0.05, 0.1) is 10.4 Å². The highest BCUT2D eigenvalue weighted by Gasteiger charge is 2.35. The third-order valence-electron chi connectivity index (χ3n) is 8.49. The first-order valence-corrected chi connectivity index (χ1v) is 16.4. The highest BCUT2D eigenvalue weighted by molar-refractivity contribution is 7.17. The zero-order valence-electron chi connectivity index (χ0n) is 26.7. The number of fused-ring (bicyclic) bond motifs is 5. The number of phenolic OH excluding ortho intramolecular Hbond substituents is 1. The molecule has 47 heavy (non-hydrogen) atoms. The monoisotopic (exact) mass is 649 g/mol. The van der Waals surface area contributed by atoms with Crippen molar-refractivity contribution in [3.63, 3.8) is 0 Å². The van der Waals surface area contributed by atoms with Gasteiger partial charge < -0.3 is 30.0 Å². The Morgan fingerprint density at radius 1 is 0.957 bits per heavy atom. The number of benzene rings is 3. The number of nitrogens with zero attached hydrogens (tertiary/aromatic N) is 1. The number of hydrogen-bond acceptors (Lipinski definition) is 6. The van der Waals surface area contributed by atoms with Gasteiger partial charge in [-0.1, -0.05) is 6.92 Å². The van der Waals surface area contributed by atoms with E-state index in [-0.39, 0.29) is 23.5 Å². The largest absolute Gasteiger partial charge is 0.506 e. The van der Waals surface area contributed by atoms with Crippen molar-refractivity contribution < 1.29 is 24.2 Å². The van der Waals surface area contributed by atoms with Crippen LogP contribution in [0, 0.1) is 6.92 Å². The van der Waals surface area contributed by atoms with E-state index in [1.165, 1.54) is 11.3 Å². The van der Waals surface area contributed by atoms with E-state index >= 15 is 0 Å². The fourth-order valence-electron chi connectivity index (χ4n) is 6.36. The van der Waals surface area contributed by atoms with Crippen LogP contribution in [0.2, 0.25) is 0 Å². The smallest absolute Gasteiger partial charge is 0.412 e. The Bertz CT molecular complexity index is 2240. The van der Waals surface area contributed by atoms with E-state index in [4.69, 9.17) is 4.74 Å². The molecule has 6 aromatic rings. The maximum absolute atomic E-state index is 13.9. The van der Waals surface area contributed by atoms with Gasteiger partial charge in [-0.05, 0) is 99.2 Å². The van der Waals surface area contributed by atoms with E-state index in [1.807, 2.05) is 19.1 Å². The Balaban J connectivity index is 1.10. The summed E-state index contributed by atoms with van der Waals surface area (Å²) in [5.74, 6) is -0.136. The lowest BCUT2D eigenvalue weighted by Gasteiger charge is -2.19. The zero-order chi connectivity index (χ0) is 33.2. The number of rotatable bonds is 5. The van der Waals surface area contributed by atoms with Gasteiger partial charge in [0.15, 0.2) is 0 Å². The minimum Gasteiger partial charge on any atom is -0.506 e. The number of H-pyrrole nitrogens is 2. The molecule has 0 spiro atoms. The topological polar surface area (TPSA) is 140 Å². The molecule has 0 bridgehead atoms. The van der Waals surface area contributed by atoms with Gasteiger partial charge in [-0.15, -0.1) is 11.3 Å². The molecule has 11 heteroatoms. The summed E-state index contributed by atoms with van der Waals surface area (Å²) in [6, 6.07) is 16.0. The van der Waals surface area contributed by atoms with Gasteiger partial charge in [0.25, 0.3) is 11.8 Å². The lowest BCUT2D eigenvalue weighted by molar-refractivity contribution is 0.0635. The molecule has 1 atom stereocenters. The van der Waals surface area contributed by atoms with Crippen molar-refractivity contribution in [1.82, 2.24) is 9.97 Å². The maximum atomic E-state index is 13.9. The number of aromatic amines is 2. The summed E-state index contributed by atoms with van der Waals surface area (Å²) >= 11 is 1.53. The van der Waals surface area contributed by atoms with E-state index in [0.29, 0.717) is 29.3 Å². The van der Waals surface area contributed by atoms with Crippen LogP contribution in [0.4, 0.5) is 21.9 Å². The molecule has 10 nitrogen and oxygen atoms in total. The van der Waals surface area contributed by atoms with Gasteiger partial charge in [-0.2, -0.15) is 0 Å².